The molecule has 0 bridgehead atoms. The summed E-state index contributed by atoms with van der Waals surface area (Å²) in [6.45, 7) is 4.63. The largest absolute Gasteiger partial charge is 0.380 e. The first-order valence-electron chi connectivity index (χ1n) is 7.51. The van der Waals surface area contributed by atoms with Crippen molar-refractivity contribution in [2.75, 3.05) is 7.11 Å². The fourth-order valence-electron chi connectivity index (χ4n) is 3.05. The fourth-order valence-corrected chi connectivity index (χ4v) is 3.05. The maximum Gasteiger partial charge on any atom is 0.0713 e. The molecule has 1 nitrogen and oxygen atoms in total. The predicted molar refractivity (Wildman–Crippen MR) is 81.1 cm³/mol. The molecule has 0 saturated heterocycles. The summed E-state index contributed by atoms with van der Waals surface area (Å²) in [7, 11) is 1.74. The standard InChI is InChI=1S/C18H26O/c1-3-15-4-6-16(7-5-15)8-9-17-10-12-18(13-11-17)14-19-2/h3,10-13,15-16H,1,4-9,14H2,2H3/t15-,16-. The molecule has 1 heteroatoms. The van der Waals surface area contributed by atoms with Crippen molar-refractivity contribution in [2.45, 2.75) is 45.1 Å². The molecule has 1 saturated carbocycles. The smallest absolute Gasteiger partial charge is 0.0713 e. The Hall–Kier alpha value is -1.08. The van der Waals surface area contributed by atoms with Crippen LogP contribution in [0.15, 0.2) is 36.9 Å². The van der Waals surface area contributed by atoms with E-state index in [4.69, 9.17) is 4.74 Å². The van der Waals surface area contributed by atoms with E-state index in [9.17, 15) is 0 Å². The Kier molecular flexibility index (Phi) is 5.65. The first-order chi connectivity index (χ1) is 9.31. The Morgan fingerprint density at radius 1 is 1.11 bits per heavy atom. The number of aryl methyl sites for hydroxylation is 1. The van der Waals surface area contributed by atoms with E-state index in [0.29, 0.717) is 6.61 Å². The molecule has 0 amide bonds. The maximum absolute atomic E-state index is 5.14. The van der Waals surface area contributed by atoms with E-state index >= 15 is 0 Å². The van der Waals surface area contributed by atoms with Gasteiger partial charge in [0.2, 0.25) is 0 Å². The van der Waals surface area contributed by atoms with Gasteiger partial charge in [0.25, 0.3) is 0 Å². The van der Waals surface area contributed by atoms with Crippen LogP contribution in [-0.2, 0) is 17.8 Å². The van der Waals surface area contributed by atoms with Crippen LogP contribution in [-0.4, -0.2) is 7.11 Å². The molecule has 2 rings (SSSR count). The SMILES string of the molecule is C=C[C@H]1CC[C@H](CCc2ccc(COC)cc2)CC1. The van der Waals surface area contributed by atoms with Gasteiger partial charge in [0, 0.05) is 7.11 Å². The molecule has 1 fully saturated rings. The van der Waals surface area contributed by atoms with Crippen molar-refractivity contribution in [3.63, 3.8) is 0 Å². The van der Waals surface area contributed by atoms with Gasteiger partial charge in [-0.05, 0) is 61.5 Å². The molecule has 0 aromatic heterocycles. The molecule has 0 aliphatic heterocycles. The summed E-state index contributed by atoms with van der Waals surface area (Å²) in [5, 5.41) is 0. The third kappa shape index (κ3) is 4.50. The van der Waals surface area contributed by atoms with Crippen molar-refractivity contribution in [1.29, 1.82) is 0 Å². The van der Waals surface area contributed by atoms with E-state index in [2.05, 4.69) is 36.9 Å². The molecule has 19 heavy (non-hydrogen) atoms. The van der Waals surface area contributed by atoms with Gasteiger partial charge in [0.15, 0.2) is 0 Å². The van der Waals surface area contributed by atoms with Crippen molar-refractivity contribution in [2.24, 2.45) is 11.8 Å². The van der Waals surface area contributed by atoms with Gasteiger partial charge in [-0.3, -0.25) is 0 Å². The number of hydrogen-bond acceptors (Lipinski definition) is 1. The lowest BCUT2D eigenvalue weighted by atomic mass is 9.79. The van der Waals surface area contributed by atoms with E-state index < -0.39 is 0 Å². The molecular weight excluding hydrogens is 232 g/mol. The van der Waals surface area contributed by atoms with Crippen LogP contribution in [0.3, 0.4) is 0 Å². The second-order valence-corrected chi connectivity index (χ2v) is 5.80. The van der Waals surface area contributed by atoms with Crippen molar-refractivity contribution in [3.05, 3.63) is 48.0 Å². The molecule has 0 spiro atoms. The highest BCUT2D eigenvalue weighted by molar-refractivity contribution is 5.22. The summed E-state index contributed by atoms with van der Waals surface area (Å²) in [6, 6.07) is 8.88. The van der Waals surface area contributed by atoms with E-state index in [1.807, 2.05) is 0 Å². The number of methoxy groups -OCH3 is 1. The number of rotatable bonds is 6. The second kappa shape index (κ2) is 7.49. The van der Waals surface area contributed by atoms with E-state index in [0.717, 1.165) is 11.8 Å². The fraction of sp³-hybridized carbons (Fsp3) is 0.556. The zero-order valence-corrected chi connectivity index (χ0v) is 12.1. The average molecular weight is 258 g/mol. The molecule has 1 aromatic carbocycles. The minimum atomic E-state index is 0.714. The summed E-state index contributed by atoms with van der Waals surface area (Å²) in [4.78, 5) is 0. The summed E-state index contributed by atoms with van der Waals surface area (Å²) in [6.07, 6.45) is 10.2. The second-order valence-electron chi connectivity index (χ2n) is 5.80. The van der Waals surface area contributed by atoms with Gasteiger partial charge in [-0.2, -0.15) is 0 Å². The molecule has 0 N–H and O–H groups in total. The Morgan fingerprint density at radius 2 is 1.74 bits per heavy atom. The highest BCUT2D eigenvalue weighted by atomic mass is 16.5. The average Bonchev–Trinajstić information content (AvgIpc) is 2.47. The lowest BCUT2D eigenvalue weighted by Gasteiger charge is -2.26. The van der Waals surface area contributed by atoms with Crippen LogP contribution in [0.25, 0.3) is 0 Å². The Morgan fingerprint density at radius 3 is 2.32 bits per heavy atom. The Labute approximate surface area is 117 Å². The van der Waals surface area contributed by atoms with Crippen molar-refractivity contribution in [1.82, 2.24) is 0 Å². The van der Waals surface area contributed by atoms with E-state index in [1.54, 1.807) is 7.11 Å². The summed E-state index contributed by atoms with van der Waals surface area (Å²) in [5.74, 6) is 1.71. The maximum atomic E-state index is 5.14. The van der Waals surface area contributed by atoms with Crippen molar-refractivity contribution >= 4 is 0 Å². The van der Waals surface area contributed by atoms with Crippen LogP contribution in [0.2, 0.25) is 0 Å². The van der Waals surface area contributed by atoms with Gasteiger partial charge < -0.3 is 4.74 Å². The van der Waals surface area contributed by atoms with Gasteiger partial charge in [0.1, 0.15) is 0 Å². The molecular formula is C18H26O. The molecule has 0 atom stereocenters. The van der Waals surface area contributed by atoms with Crippen LogP contribution in [0.1, 0.15) is 43.2 Å². The molecule has 1 aromatic rings. The highest BCUT2D eigenvalue weighted by Crippen LogP contribution is 2.32. The van der Waals surface area contributed by atoms with E-state index in [-0.39, 0.29) is 0 Å². The van der Waals surface area contributed by atoms with Gasteiger partial charge in [-0.25, -0.2) is 0 Å². The summed E-state index contributed by atoms with van der Waals surface area (Å²) < 4.78 is 5.14. The predicted octanol–water partition coefficient (Wildman–Crippen LogP) is 4.76. The lowest BCUT2D eigenvalue weighted by Crippen LogP contribution is -2.13. The normalized spacial score (nSPS) is 23.2. The minimum Gasteiger partial charge on any atom is -0.380 e. The molecule has 0 heterocycles. The first-order valence-corrected chi connectivity index (χ1v) is 7.51. The summed E-state index contributed by atoms with van der Waals surface area (Å²) in [5.41, 5.74) is 2.73. The van der Waals surface area contributed by atoms with Crippen LogP contribution in [0.4, 0.5) is 0 Å². The summed E-state index contributed by atoms with van der Waals surface area (Å²) >= 11 is 0. The Bertz CT molecular complexity index is 371. The number of allylic oxidation sites excluding steroid dienone is 1. The highest BCUT2D eigenvalue weighted by Gasteiger charge is 2.18. The van der Waals surface area contributed by atoms with Crippen molar-refractivity contribution in [3.8, 4) is 0 Å². The lowest BCUT2D eigenvalue weighted by molar-refractivity contribution is 0.185. The number of benzene rings is 1. The monoisotopic (exact) mass is 258 g/mol. The molecule has 1 aliphatic carbocycles. The van der Waals surface area contributed by atoms with Crippen LogP contribution < -0.4 is 0 Å². The number of ether oxygens (including phenoxy) is 1. The molecule has 1 aliphatic rings. The molecule has 0 unspecified atom stereocenters. The molecule has 104 valence electrons. The Balaban J connectivity index is 1.74. The van der Waals surface area contributed by atoms with Crippen LogP contribution in [0, 0.1) is 11.8 Å². The van der Waals surface area contributed by atoms with Crippen LogP contribution >= 0.6 is 0 Å². The zero-order chi connectivity index (χ0) is 13.5. The first kappa shape index (κ1) is 14.3. The van der Waals surface area contributed by atoms with Gasteiger partial charge in [-0.1, -0.05) is 30.3 Å². The minimum absolute atomic E-state index is 0.714. The number of hydrogen-bond donors (Lipinski definition) is 0. The zero-order valence-electron chi connectivity index (χ0n) is 12.1. The van der Waals surface area contributed by atoms with Gasteiger partial charge in [0.05, 0.1) is 6.61 Å². The quantitative estimate of drug-likeness (QED) is 0.669. The van der Waals surface area contributed by atoms with E-state index in [1.165, 1.54) is 49.7 Å². The topological polar surface area (TPSA) is 9.23 Å². The van der Waals surface area contributed by atoms with Crippen LogP contribution in [0.5, 0.6) is 0 Å². The molecule has 0 radical (unpaired) electrons. The van der Waals surface area contributed by atoms with Gasteiger partial charge in [-0.15, -0.1) is 6.58 Å². The van der Waals surface area contributed by atoms with Gasteiger partial charge >= 0.3 is 0 Å². The van der Waals surface area contributed by atoms with Crippen molar-refractivity contribution < 1.29 is 4.74 Å². The third-order valence-corrected chi connectivity index (χ3v) is 4.40. The third-order valence-electron chi connectivity index (χ3n) is 4.40.